The summed E-state index contributed by atoms with van der Waals surface area (Å²) in [4.78, 5) is 29.2. The van der Waals surface area contributed by atoms with Gasteiger partial charge in [-0.05, 0) is 86.1 Å². The van der Waals surface area contributed by atoms with Gasteiger partial charge in [0.1, 0.15) is 0 Å². The Bertz CT molecular complexity index is 1040. The van der Waals surface area contributed by atoms with Crippen molar-refractivity contribution < 1.29 is 14.7 Å². The van der Waals surface area contributed by atoms with Crippen molar-refractivity contribution in [2.75, 3.05) is 19.0 Å². The van der Waals surface area contributed by atoms with E-state index >= 15 is 0 Å². The second-order valence-electron chi connectivity index (χ2n) is 10.8. The molecular weight excluding hydrogens is 426 g/mol. The lowest BCUT2D eigenvalue weighted by atomic mass is 9.75. The van der Waals surface area contributed by atoms with Gasteiger partial charge in [0.05, 0.1) is 6.10 Å². The molecule has 0 spiro atoms. The largest absolute Gasteiger partial charge is 0.393 e. The van der Waals surface area contributed by atoms with Crippen molar-refractivity contribution in [3.63, 3.8) is 0 Å². The zero-order chi connectivity index (χ0) is 23.9. The summed E-state index contributed by atoms with van der Waals surface area (Å²) in [7, 11) is 3.56. The van der Waals surface area contributed by atoms with Gasteiger partial charge in [0.2, 0.25) is 0 Å². The number of anilines is 1. The van der Waals surface area contributed by atoms with Crippen molar-refractivity contribution in [2.45, 2.75) is 56.7 Å². The second kappa shape index (κ2) is 9.06. The average molecular weight is 462 g/mol. The Balaban J connectivity index is 1.20. The van der Waals surface area contributed by atoms with E-state index in [4.69, 9.17) is 0 Å². The Hall–Kier alpha value is -2.86. The molecule has 3 saturated carbocycles. The smallest absolute Gasteiger partial charge is 0.324 e. The van der Waals surface area contributed by atoms with Gasteiger partial charge in [-0.2, -0.15) is 0 Å². The Labute approximate surface area is 201 Å². The number of fused-ring (bicyclic) bond motifs is 2. The van der Waals surface area contributed by atoms with Crippen LogP contribution >= 0.6 is 0 Å². The Morgan fingerprint density at radius 3 is 2.32 bits per heavy atom. The maximum Gasteiger partial charge on any atom is 0.324 e. The molecule has 3 amide bonds. The third-order valence-electron chi connectivity index (χ3n) is 8.24. The molecule has 3 bridgehead atoms. The molecule has 3 fully saturated rings. The highest BCUT2D eigenvalue weighted by Gasteiger charge is 2.53. The average Bonchev–Trinajstić information content (AvgIpc) is 3.00. The first-order chi connectivity index (χ1) is 16.3. The van der Waals surface area contributed by atoms with Gasteiger partial charge in [0.25, 0.3) is 5.91 Å². The molecule has 3 aliphatic carbocycles. The van der Waals surface area contributed by atoms with Crippen LogP contribution in [0.5, 0.6) is 0 Å². The summed E-state index contributed by atoms with van der Waals surface area (Å²) < 4.78 is 0. The van der Waals surface area contributed by atoms with Crippen LogP contribution < -0.4 is 10.2 Å². The van der Waals surface area contributed by atoms with E-state index in [1.54, 1.807) is 23.9 Å². The minimum atomic E-state index is -0.170. The zero-order valence-corrected chi connectivity index (χ0v) is 20.1. The molecule has 3 aliphatic rings. The molecule has 0 saturated heterocycles. The summed E-state index contributed by atoms with van der Waals surface area (Å²) in [5.74, 6) is 1.68. The maximum absolute atomic E-state index is 13.1. The molecule has 180 valence electrons. The second-order valence-corrected chi connectivity index (χ2v) is 10.8. The summed E-state index contributed by atoms with van der Waals surface area (Å²) in [5, 5.41) is 13.7. The number of amides is 3. The van der Waals surface area contributed by atoms with Crippen molar-refractivity contribution in [1.82, 2.24) is 10.2 Å². The minimum absolute atomic E-state index is 0.0130. The van der Waals surface area contributed by atoms with Gasteiger partial charge < -0.3 is 15.3 Å². The zero-order valence-electron chi connectivity index (χ0n) is 20.1. The summed E-state index contributed by atoms with van der Waals surface area (Å²) in [6, 6.07) is 17.1. The van der Waals surface area contributed by atoms with Gasteiger partial charge in [0.15, 0.2) is 0 Å². The van der Waals surface area contributed by atoms with Crippen LogP contribution in [0, 0.1) is 17.8 Å². The van der Waals surface area contributed by atoms with E-state index < -0.39 is 0 Å². The Morgan fingerprint density at radius 1 is 0.941 bits per heavy atom. The van der Waals surface area contributed by atoms with Gasteiger partial charge in [-0.3, -0.25) is 9.69 Å². The quantitative estimate of drug-likeness (QED) is 0.692. The fraction of sp³-hybridized carbons (Fsp3) is 0.500. The molecule has 5 atom stereocenters. The molecule has 34 heavy (non-hydrogen) atoms. The Kier molecular flexibility index (Phi) is 6.11. The standard InChI is InChI=1S/C28H35N3O3/c1-30(27(34)31(2)24-6-4-3-5-7-24)18-19-8-10-21(11-9-19)26(33)29-28-15-20-12-22(16-28)23(17-28)14-25(32)13-20/h3-11,20,22-23,25,32H,12-18H2,1-2H3,(H,29,33). The first kappa shape index (κ1) is 22.9. The van der Waals surface area contributed by atoms with Crippen molar-refractivity contribution in [1.29, 1.82) is 0 Å². The normalized spacial score (nSPS) is 29.4. The first-order valence-corrected chi connectivity index (χ1v) is 12.5. The molecule has 0 heterocycles. The molecule has 6 nitrogen and oxygen atoms in total. The van der Waals surface area contributed by atoms with Crippen LogP contribution in [0.1, 0.15) is 54.4 Å². The van der Waals surface area contributed by atoms with Crippen molar-refractivity contribution >= 4 is 17.6 Å². The molecule has 5 rings (SSSR count). The molecule has 2 aromatic rings. The highest BCUT2D eigenvalue weighted by atomic mass is 16.3. The van der Waals surface area contributed by atoms with E-state index in [1.165, 1.54) is 6.42 Å². The highest BCUT2D eigenvalue weighted by Crippen LogP contribution is 2.55. The van der Waals surface area contributed by atoms with Crippen molar-refractivity contribution in [3.8, 4) is 0 Å². The number of rotatable bonds is 5. The number of aliphatic hydroxyl groups is 1. The number of para-hydroxylation sites is 1. The van der Waals surface area contributed by atoms with Crippen LogP contribution in [-0.2, 0) is 6.54 Å². The van der Waals surface area contributed by atoms with Crippen LogP contribution in [-0.4, -0.2) is 47.7 Å². The van der Waals surface area contributed by atoms with Crippen LogP contribution in [0.15, 0.2) is 54.6 Å². The molecule has 0 aliphatic heterocycles. The third kappa shape index (κ3) is 4.56. The molecule has 2 N–H and O–H groups in total. The first-order valence-electron chi connectivity index (χ1n) is 12.5. The number of carbonyl (C=O) groups excluding carboxylic acids is 2. The topological polar surface area (TPSA) is 72.9 Å². The van der Waals surface area contributed by atoms with E-state index in [2.05, 4.69) is 5.32 Å². The number of aliphatic hydroxyl groups excluding tert-OH is 1. The number of hydrogen-bond acceptors (Lipinski definition) is 3. The summed E-state index contributed by atoms with van der Waals surface area (Å²) in [5.41, 5.74) is 2.38. The maximum atomic E-state index is 13.1. The SMILES string of the molecule is CN(Cc1ccc(C(=O)NC23CC4CC(O)CC(C2)C(C4)C3)cc1)C(=O)N(C)c1ccccc1. The summed E-state index contributed by atoms with van der Waals surface area (Å²) >= 11 is 0. The van der Waals surface area contributed by atoms with Gasteiger partial charge >= 0.3 is 6.03 Å². The predicted octanol–water partition coefficient (Wildman–Crippen LogP) is 4.43. The summed E-state index contributed by atoms with van der Waals surface area (Å²) in [6.07, 6.45) is 5.84. The van der Waals surface area contributed by atoms with E-state index in [-0.39, 0.29) is 23.6 Å². The fourth-order valence-corrected chi connectivity index (χ4v) is 6.80. The van der Waals surface area contributed by atoms with Crippen LogP contribution in [0.4, 0.5) is 10.5 Å². The van der Waals surface area contributed by atoms with E-state index in [9.17, 15) is 14.7 Å². The highest BCUT2D eigenvalue weighted by molar-refractivity contribution is 5.95. The lowest BCUT2D eigenvalue weighted by molar-refractivity contribution is 0.0779. The van der Waals surface area contributed by atoms with E-state index in [1.807, 2.05) is 54.6 Å². The van der Waals surface area contributed by atoms with Crippen molar-refractivity contribution in [3.05, 3.63) is 65.7 Å². The fourth-order valence-electron chi connectivity index (χ4n) is 6.80. The monoisotopic (exact) mass is 461 g/mol. The van der Waals surface area contributed by atoms with Crippen LogP contribution in [0.25, 0.3) is 0 Å². The lowest BCUT2D eigenvalue weighted by Gasteiger charge is -2.39. The molecule has 0 radical (unpaired) electrons. The van der Waals surface area contributed by atoms with E-state index in [0.717, 1.165) is 43.4 Å². The number of benzene rings is 2. The Morgan fingerprint density at radius 2 is 1.62 bits per heavy atom. The lowest BCUT2D eigenvalue weighted by Crippen LogP contribution is -2.50. The minimum Gasteiger partial charge on any atom is -0.393 e. The van der Waals surface area contributed by atoms with Crippen molar-refractivity contribution in [2.24, 2.45) is 17.8 Å². The van der Waals surface area contributed by atoms with Crippen LogP contribution in [0.3, 0.4) is 0 Å². The molecule has 0 aromatic heterocycles. The van der Waals surface area contributed by atoms with Crippen LogP contribution in [0.2, 0.25) is 0 Å². The number of urea groups is 1. The van der Waals surface area contributed by atoms with E-state index in [0.29, 0.717) is 29.9 Å². The number of hydrogen-bond donors (Lipinski definition) is 2. The van der Waals surface area contributed by atoms with Gasteiger partial charge in [-0.25, -0.2) is 4.79 Å². The number of nitrogens with one attached hydrogen (secondary N) is 1. The molecule has 6 heteroatoms. The number of nitrogens with zero attached hydrogens (tertiary/aromatic N) is 2. The van der Waals surface area contributed by atoms with Gasteiger partial charge in [0, 0.05) is 37.4 Å². The van der Waals surface area contributed by atoms with Gasteiger partial charge in [-0.15, -0.1) is 0 Å². The third-order valence-corrected chi connectivity index (χ3v) is 8.24. The molecular formula is C28H35N3O3. The van der Waals surface area contributed by atoms with Gasteiger partial charge in [-0.1, -0.05) is 30.3 Å². The molecule has 5 unspecified atom stereocenters. The number of carbonyl (C=O) groups is 2. The summed E-state index contributed by atoms with van der Waals surface area (Å²) in [6.45, 7) is 0.467. The molecule has 2 aromatic carbocycles. The predicted molar refractivity (Wildman–Crippen MR) is 133 cm³/mol.